The maximum atomic E-state index is 13.7. The Morgan fingerprint density at radius 2 is 1.93 bits per heavy atom. The van der Waals surface area contributed by atoms with Crippen LogP contribution in [0.25, 0.3) is 0 Å². The Morgan fingerprint density at radius 3 is 2.64 bits per heavy atom. The standard InChI is InChI=1S/C22H22N2O3S/c1-16-14-19(27-2)9-10-21(16)28(25,26)24-13-11-17-6-3-4-8-20(17)22(24)18-7-5-12-23-15-18/h3-10,12,14-15,22H,11,13H2,1-2H3. The van der Waals surface area contributed by atoms with E-state index in [2.05, 4.69) is 11.1 Å². The fourth-order valence-electron chi connectivity index (χ4n) is 3.85. The molecule has 0 bridgehead atoms. The molecule has 0 N–H and O–H groups in total. The highest BCUT2D eigenvalue weighted by atomic mass is 32.2. The first-order valence-electron chi connectivity index (χ1n) is 9.16. The SMILES string of the molecule is COc1ccc(S(=O)(=O)N2CCc3ccccc3C2c2cccnc2)c(C)c1. The van der Waals surface area contributed by atoms with Gasteiger partial charge < -0.3 is 4.74 Å². The van der Waals surface area contributed by atoms with Crippen LogP contribution in [0.5, 0.6) is 5.75 Å². The van der Waals surface area contributed by atoms with Crippen LogP contribution in [-0.2, 0) is 16.4 Å². The Bertz CT molecular complexity index is 1100. The average molecular weight is 394 g/mol. The Labute approximate surface area is 165 Å². The van der Waals surface area contributed by atoms with Crippen molar-refractivity contribution in [2.75, 3.05) is 13.7 Å². The van der Waals surface area contributed by atoms with Crippen molar-refractivity contribution in [2.24, 2.45) is 0 Å². The summed E-state index contributed by atoms with van der Waals surface area (Å²) in [5.41, 5.74) is 3.72. The van der Waals surface area contributed by atoms with E-state index in [4.69, 9.17) is 4.74 Å². The van der Waals surface area contributed by atoms with Crippen molar-refractivity contribution >= 4 is 10.0 Å². The molecule has 2 aromatic carbocycles. The Kier molecular flexibility index (Phi) is 4.91. The lowest BCUT2D eigenvalue weighted by Crippen LogP contribution is -2.40. The van der Waals surface area contributed by atoms with Crippen molar-refractivity contribution in [3.8, 4) is 5.75 Å². The zero-order chi connectivity index (χ0) is 19.7. The van der Waals surface area contributed by atoms with Gasteiger partial charge in [0, 0.05) is 18.9 Å². The third-order valence-corrected chi connectivity index (χ3v) is 7.23. The van der Waals surface area contributed by atoms with Crippen molar-refractivity contribution in [1.82, 2.24) is 9.29 Å². The number of aryl methyl sites for hydroxylation is 1. The lowest BCUT2D eigenvalue weighted by Gasteiger charge is -2.36. The van der Waals surface area contributed by atoms with E-state index < -0.39 is 16.1 Å². The molecule has 1 aromatic heterocycles. The van der Waals surface area contributed by atoms with Gasteiger partial charge in [-0.25, -0.2) is 8.42 Å². The van der Waals surface area contributed by atoms with Crippen LogP contribution in [0.15, 0.2) is 71.9 Å². The molecule has 0 saturated carbocycles. The first-order valence-corrected chi connectivity index (χ1v) is 10.6. The van der Waals surface area contributed by atoms with Crippen molar-refractivity contribution in [1.29, 1.82) is 0 Å². The van der Waals surface area contributed by atoms with Gasteiger partial charge in [-0.1, -0.05) is 30.3 Å². The molecule has 1 unspecified atom stereocenters. The predicted molar refractivity (Wildman–Crippen MR) is 108 cm³/mol. The van der Waals surface area contributed by atoms with Crippen molar-refractivity contribution in [2.45, 2.75) is 24.3 Å². The van der Waals surface area contributed by atoms with E-state index in [0.717, 1.165) is 11.1 Å². The number of methoxy groups -OCH3 is 1. The quantitative estimate of drug-likeness (QED) is 0.676. The number of hydrogen-bond acceptors (Lipinski definition) is 4. The number of pyridine rings is 1. The van der Waals surface area contributed by atoms with Gasteiger partial charge in [-0.2, -0.15) is 4.31 Å². The predicted octanol–water partition coefficient (Wildman–Crippen LogP) is 3.74. The molecule has 1 atom stereocenters. The third kappa shape index (κ3) is 3.19. The lowest BCUT2D eigenvalue weighted by atomic mass is 9.91. The second-order valence-electron chi connectivity index (χ2n) is 6.88. The number of hydrogen-bond donors (Lipinski definition) is 0. The maximum Gasteiger partial charge on any atom is 0.244 e. The molecule has 0 amide bonds. The minimum atomic E-state index is -3.71. The van der Waals surface area contributed by atoms with Gasteiger partial charge in [-0.15, -0.1) is 0 Å². The second-order valence-corrected chi connectivity index (χ2v) is 8.74. The molecule has 28 heavy (non-hydrogen) atoms. The van der Waals surface area contributed by atoms with Crippen molar-refractivity contribution < 1.29 is 13.2 Å². The van der Waals surface area contributed by atoms with Gasteiger partial charge in [0.25, 0.3) is 0 Å². The molecule has 1 aliphatic heterocycles. The van der Waals surface area contributed by atoms with Gasteiger partial charge in [-0.05, 0) is 59.9 Å². The van der Waals surface area contributed by atoms with Crippen LogP contribution >= 0.6 is 0 Å². The van der Waals surface area contributed by atoms with E-state index in [0.29, 0.717) is 29.2 Å². The summed E-state index contributed by atoms with van der Waals surface area (Å²) in [5.74, 6) is 0.643. The van der Waals surface area contributed by atoms with Gasteiger partial charge in [0.15, 0.2) is 0 Å². The van der Waals surface area contributed by atoms with E-state index in [1.807, 2.05) is 30.3 Å². The first-order chi connectivity index (χ1) is 13.5. The first kappa shape index (κ1) is 18.7. The normalized spacial score (nSPS) is 17.1. The molecular weight excluding hydrogens is 372 g/mol. The fourth-order valence-corrected chi connectivity index (χ4v) is 5.65. The Morgan fingerprint density at radius 1 is 1.11 bits per heavy atom. The molecule has 5 nitrogen and oxygen atoms in total. The topological polar surface area (TPSA) is 59.5 Å². The summed E-state index contributed by atoms with van der Waals surface area (Å²) < 4.78 is 34.2. The molecule has 0 saturated heterocycles. The van der Waals surface area contributed by atoms with Crippen molar-refractivity contribution in [3.63, 3.8) is 0 Å². The molecule has 3 aromatic rings. The number of fused-ring (bicyclic) bond motifs is 1. The van der Waals surface area contributed by atoms with Crippen LogP contribution in [0.4, 0.5) is 0 Å². The molecule has 0 fully saturated rings. The monoisotopic (exact) mass is 394 g/mol. The Balaban J connectivity index is 1.86. The molecule has 0 aliphatic carbocycles. The molecule has 4 rings (SSSR count). The number of rotatable bonds is 4. The number of ether oxygens (including phenoxy) is 1. The van der Waals surface area contributed by atoms with Gasteiger partial charge in [0.1, 0.15) is 5.75 Å². The molecule has 2 heterocycles. The smallest absolute Gasteiger partial charge is 0.244 e. The molecule has 6 heteroatoms. The number of benzene rings is 2. The largest absolute Gasteiger partial charge is 0.497 e. The zero-order valence-electron chi connectivity index (χ0n) is 15.9. The zero-order valence-corrected chi connectivity index (χ0v) is 16.7. The van der Waals surface area contributed by atoms with Gasteiger partial charge in [0.2, 0.25) is 10.0 Å². The number of sulfonamides is 1. The lowest BCUT2D eigenvalue weighted by molar-refractivity contribution is 0.343. The third-order valence-electron chi connectivity index (χ3n) is 5.21. The molecule has 0 radical (unpaired) electrons. The van der Waals surface area contributed by atoms with Gasteiger partial charge >= 0.3 is 0 Å². The number of aromatic nitrogens is 1. The van der Waals surface area contributed by atoms with E-state index in [-0.39, 0.29) is 0 Å². The highest BCUT2D eigenvalue weighted by Crippen LogP contribution is 2.39. The average Bonchev–Trinajstić information content (AvgIpc) is 2.73. The van der Waals surface area contributed by atoms with Gasteiger partial charge in [0.05, 0.1) is 18.0 Å². The summed E-state index contributed by atoms with van der Waals surface area (Å²) in [6, 6.07) is 16.5. The van der Waals surface area contributed by atoms with Crippen LogP contribution in [0.2, 0.25) is 0 Å². The van der Waals surface area contributed by atoms with Crippen LogP contribution < -0.4 is 4.74 Å². The van der Waals surface area contributed by atoms with E-state index in [1.165, 1.54) is 5.56 Å². The number of nitrogens with zero attached hydrogens (tertiary/aromatic N) is 2. The maximum absolute atomic E-state index is 13.7. The summed E-state index contributed by atoms with van der Waals surface area (Å²) in [6.07, 6.45) is 4.13. The summed E-state index contributed by atoms with van der Waals surface area (Å²) >= 11 is 0. The minimum absolute atomic E-state index is 0.307. The highest BCUT2D eigenvalue weighted by Gasteiger charge is 2.38. The highest BCUT2D eigenvalue weighted by molar-refractivity contribution is 7.89. The summed E-state index contributed by atoms with van der Waals surface area (Å²) in [6.45, 7) is 2.22. The van der Waals surface area contributed by atoms with E-state index >= 15 is 0 Å². The fraction of sp³-hybridized carbons (Fsp3) is 0.227. The summed E-state index contributed by atoms with van der Waals surface area (Å²) in [5, 5.41) is 0. The minimum Gasteiger partial charge on any atom is -0.497 e. The van der Waals surface area contributed by atoms with E-state index in [1.54, 1.807) is 48.9 Å². The van der Waals surface area contributed by atoms with Crippen LogP contribution in [0, 0.1) is 6.92 Å². The van der Waals surface area contributed by atoms with Crippen LogP contribution in [0.1, 0.15) is 28.3 Å². The van der Waals surface area contributed by atoms with E-state index in [9.17, 15) is 8.42 Å². The molecule has 144 valence electrons. The molecular formula is C22H22N2O3S. The molecule has 0 spiro atoms. The van der Waals surface area contributed by atoms with Crippen LogP contribution in [-0.4, -0.2) is 31.4 Å². The molecule has 1 aliphatic rings. The van der Waals surface area contributed by atoms with Gasteiger partial charge in [-0.3, -0.25) is 4.98 Å². The second kappa shape index (κ2) is 7.37. The van der Waals surface area contributed by atoms with Crippen molar-refractivity contribution in [3.05, 3.63) is 89.2 Å². The summed E-state index contributed by atoms with van der Waals surface area (Å²) in [7, 11) is -2.14. The Hall–Kier alpha value is -2.70. The van der Waals surface area contributed by atoms with Crippen LogP contribution in [0.3, 0.4) is 0 Å². The summed E-state index contributed by atoms with van der Waals surface area (Å²) in [4.78, 5) is 4.53.